The topological polar surface area (TPSA) is 29.3 Å². The first kappa shape index (κ1) is 15.2. The van der Waals surface area contributed by atoms with Crippen LogP contribution in [0.1, 0.15) is 16.7 Å². The van der Waals surface area contributed by atoms with Crippen LogP contribution in [0, 0.1) is 0 Å². The number of halogens is 2. The average Bonchev–Trinajstić information content (AvgIpc) is 2.77. The number of rotatable bonds is 5. The normalized spacial score (nSPS) is 11.2. The van der Waals surface area contributed by atoms with E-state index in [2.05, 4.69) is 73.5 Å². The van der Waals surface area contributed by atoms with Crippen LogP contribution in [-0.4, -0.2) is 11.9 Å². The average molecular weight is 404 g/mol. The number of hydrogen-bond acceptors (Lipinski definition) is 3. The third kappa shape index (κ3) is 4.39. The molecule has 1 heterocycles. The summed E-state index contributed by atoms with van der Waals surface area (Å²) in [4.78, 5) is 2.30. The highest BCUT2D eigenvalue weighted by Gasteiger charge is 2.07. The Morgan fingerprint density at radius 2 is 1.95 bits per heavy atom. The standard InChI is InChI=1S/C14H16Br2N2S/c1-18(7-11-5-14(16)19-9-11)8-12-3-2-10(6-17)4-13(12)15/h2-5,9H,6-8,17H2,1H3. The minimum atomic E-state index is 0.581. The summed E-state index contributed by atoms with van der Waals surface area (Å²) in [7, 11) is 2.13. The first-order valence-electron chi connectivity index (χ1n) is 5.97. The summed E-state index contributed by atoms with van der Waals surface area (Å²) in [6.07, 6.45) is 0. The lowest BCUT2D eigenvalue weighted by Gasteiger charge is -2.17. The maximum Gasteiger partial charge on any atom is 0.0701 e. The van der Waals surface area contributed by atoms with Gasteiger partial charge in [0.25, 0.3) is 0 Å². The maximum absolute atomic E-state index is 5.64. The van der Waals surface area contributed by atoms with Crippen molar-refractivity contribution in [1.82, 2.24) is 4.90 Å². The zero-order valence-corrected chi connectivity index (χ0v) is 14.7. The monoisotopic (exact) mass is 402 g/mol. The van der Waals surface area contributed by atoms with Gasteiger partial charge < -0.3 is 5.73 Å². The largest absolute Gasteiger partial charge is 0.326 e. The third-order valence-corrected chi connectivity index (χ3v) is 5.16. The van der Waals surface area contributed by atoms with Gasteiger partial charge in [0.2, 0.25) is 0 Å². The molecular formula is C14H16Br2N2S. The molecule has 0 aliphatic rings. The van der Waals surface area contributed by atoms with Crippen molar-refractivity contribution in [2.24, 2.45) is 5.73 Å². The van der Waals surface area contributed by atoms with Gasteiger partial charge in [-0.2, -0.15) is 0 Å². The van der Waals surface area contributed by atoms with E-state index in [0.29, 0.717) is 6.54 Å². The third-order valence-electron chi connectivity index (χ3n) is 2.87. The van der Waals surface area contributed by atoms with Crippen molar-refractivity contribution in [2.75, 3.05) is 7.05 Å². The van der Waals surface area contributed by atoms with Gasteiger partial charge in [0, 0.05) is 24.1 Å². The molecule has 5 heteroatoms. The smallest absolute Gasteiger partial charge is 0.0701 e. The molecule has 2 nitrogen and oxygen atoms in total. The van der Waals surface area contributed by atoms with Crippen LogP contribution in [0.15, 0.2) is 37.9 Å². The van der Waals surface area contributed by atoms with E-state index in [-0.39, 0.29) is 0 Å². The van der Waals surface area contributed by atoms with Gasteiger partial charge in [-0.25, -0.2) is 0 Å². The molecule has 2 N–H and O–H groups in total. The molecule has 0 aliphatic carbocycles. The molecule has 1 aromatic carbocycles. The van der Waals surface area contributed by atoms with E-state index < -0.39 is 0 Å². The zero-order chi connectivity index (χ0) is 13.8. The SMILES string of the molecule is CN(Cc1csc(Br)c1)Cc1ccc(CN)cc1Br. The maximum atomic E-state index is 5.64. The Kier molecular flexibility index (Phi) is 5.59. The van der Waals surface area contributed by atoms with E-state index in [0.717, 1.165) is 23.1 Å². The minimum Gasteiger partial charge on any atom is -0.326 e. The molecule has 0 bridgehead atoms. The van der Waals surface area contributed by atoms with E-state index in [1.54, 1.807) is 11.3 Å². The van der Waals surface area contributed by atoms with Crippen molar-refractivity contribution in [2.45, 2.75) is 19.6 Å². The lowest BCUT2D eigenvalue weighted by atomic mass is 10.1. The van der Waals surface area contributed by atoms with Gasteiger partial charge in [0.15, 0.2) is 0 Å². The van der Waals surface area contributed by atoms with E-state index >= 15 is 0 Å². The van der Waals surface area contributed by atoms with Crippen LogP contribution in [0.5, 0.6) is 0 Å². The van der Waals surface area contributed by atoms with Crippen molar-refractivity contribution in [3.8, 4) is 0 Å². The van der Waals surface area contributed by atoms with E-state index in [9.17, 15) is 0 Å². The second kappa shape index (κ2) is 6.99. The summed E-state index contributed by atoms with van der Waals surface area (Å²) >= 11 is 8.84. The van der Waals surface area contributed by atoms with Gasteiger partial charge >= 0.3 is 0 Å². The Hall–Kier alpha value is -0.200. The molecule has 19 heavy (non-hydrogen) atoms. The van der Waals surface area contributed by atoms with Gasteiger partial charge in [0.1, 0.15) is 0 Å². The Labute approximate surface area is 134 Å². The van der Waals surface area contributed by atoms with Crippen molar-refractivity contribution in [1.29, 1.82) is 0 Å². The summed E-state index contributed by atoms with van der Waals surface area (Å²) < 4.78 is 2.32. The molecule has 0 aliphatic heterocycles. The number of nitrogens with two attached hydrogens (primary N) is 1. The summed E-state index contributed by atoms with van der Waals surface area (Å²) in [6.45, 7) is 2.45. The predicted molar refractivity (Wildman–Crippen MR) is 89.2 cm³/mol. The predicted octanol–water partition coefficient (Wildman–Crippen LogP) is 4.36. The summed E-state index contributed by atoms with van der Waals surface area (Å²) in [6, 6.07) is 8.51. The molecule has 0 fully saturated rings. The van der Waals surface area contributed by atoms with Crippen LogP contribution in [0.2, 0.25) is 0 Å². The summed E-state index contributed by atoms with van der Waals surface area (Å²) in [5, 5.41) is 2.19. The molecule has 1 aromatic heterocycles. The van der Waals surface area contributed by atoms with Crippen LogP contribution in [-0.2, 0) is 19.6 Å². The fourth-order valence-electron chi connectivity index (χ4n) is 1.93. The molecule has 0 spiro atoms. The molecule has 0 radical (unpaired) electrons. The fourth-order valence-corrected chi connectivity index (χ4v) is 3.69. The second-order valence-electron chi connectivity index (χ2n) is 4.56. The molecule has 0 atom stereocenters. The molecule has 0 saturated carbocycles. The first-order chi connectivity index (χ1) is 9.08. The Bertz CT molecular complexity index is 554. The Morgan fingerprint density at radius 1 is 1.16 bits per heavy atom. The van der Waals surface area contributed by atoms with Crippen molar-refractivity contribution >= 4 is 43.2 Å². The first-order valence-corrected chi connectivity index (χ1v) is 8.44. The fraction of sp³-hybridized carbons (Fsp3) is 0.286. The highest BCUT2D eigenvalue weighted by Crippen LogP contribution is 2.23. The Morgan fingerprint density at radius 3 is 2.53 bits per heavy atom. The van der Waals surface area contributed by atoms with Gasteiger partial charge in [-0.1, -0.05) is 28.1 Å². The number of benzene rings is 1. The van der Waals surface area contributed by atoms with Crippen LogP contribution >= 0.6 is 43.2 Å². The molecule has 2 aromatic rings. The summed E-state index contributed by atoms with van der Waals surface area (Å²) in [5.74, 6) is 0. The summed E-state index contributed by atoms with van der Waals surface area (Å²) in [5.41, 5.74) is 9.42. The number of nitrogens with zero attached hydrogens (tertiary/aromatic N) is 1. The molecule has 0 amide bonds. The van der Waals surface area contributed by atoms with Gasteiger partial charge in [-0.05, 0) is 57.2 Å². The molecule has 2 rings (SSSR count). The van der Waals surface area contributed by atoms with Crippen molar-refractivity contribution in [3.63, 3.8) is 0 Å². The van der Waals surface area contributed by atoms with Gasteiger partial charge in [-0.3, -0.25) is 4.90 Å². The van der Waals surface area contributed by atoms with E-state index in [1.165, 1.54) is 14.9 Å². The number of thiophene rings is 1. The van der Waals surface area contributed by atoms with E-state index in [1.807, 2.05) is 0 Å². The van der Waals surface area contributed by atoms with E-state index in [4.69, 9.17) is 5.73 Å². The molecular weight excluding hydrogens is 388 g/mol. The lowest BCUT2D eigenvalue weighted by molar-refractivity contribution is 0.319. The lowest BCUT2D eigenvalue weighted by Crippen LogP contribution is -2.17. The zero-order valence-electron chi connectivity index (χ0n) is 10.7. The van der Waals surface area contributed by atoms with Crippen LogP contribution < -0.4 is 5.73 Å². The number of hydrogen-bond donors (Lipinski definition) is 1. The molecule has 0 saturated heterocycles. The van der Waals surface area contributed by atoms with Gasteiger partial charge in [0.05, 0.1) is 3.79 Å². The second-order valence-corrected chi connectivity index (χ2v) is 7.71. The Balaban J connectivity index is 2.00. The molecule has 102 valence electrons. The highest BCUT2D eigenvalue weighted by atomic mass is 79.9. The van der Waals surface area contributed by atoms with Crippen LogP contribution in [0.4, 0.5) is 0 Å². The van der Waals surface area contributed by atoms with Crippen LogP contribution in [0.3, 0.4) is 0 Å². The quantitative estimate of drug-likeness (QED) is 0.803. The van der Waals surface area contributed by atoms with Gasteiger partial charge in [-0.15, -0.1) is 11.3 Å². The molecule has 0 unspecified atom stereocenters. The minimum absolute atomic E-state index is 0.581. The highest BCUT2D eigenvalue weighted by molar-refractivity contribution is 9.11. The van der Waals surface area contributed by atoms with Crippen molar-refractivity contribution < 1.29 is 0 Å². The van der Waals surface area contributed by atoms with Crippen LogP contribution in [0.25, 0.3) is 0 Å². The van der Waals surface area contributed by atoms with Crippen molar-refractivity contribution in [3.05, 3.63) is 54.6 Å².